The molecule has 0 fully saturated rings. The number of ether oxygens (including phenoxy) is 4. The summed E-state index contributed by atoms with van der Waals surface area (Å²) in [6, 6.07) is 10.2. The second kappa shape index (κ2) is 19.3. The molecule has 16 nitrogen and oxygen atoms in total. The molecule has 0 saturated heterocycles. The van der Waals surface area contributed by atoms with E-state index in [4.69, 9.17) is 58.6 Å². The van der Waals surface area contributed by atoms with Crippen LogP contribution in [0.4, 0.5) is 0 Å². The normalized spacial score (nSPS) is 15.9. The number of hydrogen-bond acceptors (Lipinski definition) is 13. The lowest BCUT2D eigenvalue weighted by molar-refractivity contribution is 0.0516. The van der Waals surface area contributed by atoms with Gasteiger partial charge in [-0.2, -0.15) is 4.72 Å². The van der Waals surface area contributed by atoms with Crippen molar-refractivity contribution in [1.29, 1.82) is 0 Å². The Balaban J connectivity index is 0.000000245. The molecule has 2 atom stereocenters. The molecule has 2 aromatic carbocycles. The third-order valence-corrected chi connectivity index (χ3v) is 10.8. The lowest BCUT2D eigenvalue weighted by Gasteiger charge is -2.24. The summed E-state index contributed by atoms with van der Waals surface area (Å²) in [4.78, 5) is 52.4. The zero-order chi connectivity index (χ0) is 40.8. The molecule has 6 rings (SSSR count). The van der Waals surface area contributed by atoms with Gasteiger partial charge in [-0.1, -0.05) is 23.2 Å². The number of esters is 2. The Morgan fingerprint density at radius 1 is 0.786 bits per heavy atom. The third-order valence-electron chi connectivity index (χ3n) is 7.71. The molecule has 0 amide bonds. The van der Waals surface area contributed by atoms with E-state index in [0.29, 0.717) is 38.5 Å². The Hall–Kier alpha value is -4.14. The van der Waals surface area contributed by atoms with Gasteiger partial charge in [-0.05, 0) is 76.2 Å². The molecule has 0 radical (unpaired) electrons. The lowest BCUT2D eigenvalue weighted by Crippen LogP contribution is -2.47. The number of aromatic amines is 2. The minimum Gasteiger partial charge on any atom is -0.491 e. The van der Waals surface area contributed by atoms with Crippen molar-refractivity contribution < 1.29 is 55.0 Å². The Labute approximate surface area is 342 Å². The van der Waals surface area contributed by atoms with Crippen LogP contribution in [0.3, 0.4) is 0 Å². The lowest BCUT2D eigenvalue weighted by atomic mass is 10.0. The molecule has 5 N–H and O–H groups in total. The van der Waals surface area contributed by atoms with Gasteiger partial charge in [-0.25, -0.2) is 26.4 Å². The number of halogens is 4. The number of hydrogen-bond donors (Lipinski definition) is 4. The quantitative estimate of drug-likeness (QED) is 0.132. The number of Topliss-reactive ketones (excluding diaryl/α,β-unsaturated/α-hetero) is 2. The second-order valence-electron chi connectivity index (χ2n) is 11.6. The van der Waals surface area contributed by atoms with Gasteiger partial charge in [0.1, 0.15) is 46.8 Å². The fraction of sp³-hybridized carbons (Fsp3) is 0.294. The van der Waals surface area contributed by atoms with Crippen LogP contribution in [0.15, 0.2) is 58.6 Å². The van der Waals surface area contributed by atoms with E-state index in [2.05, 4.69) is 14.7 Å². The minimum atomic E-state index is -4.10. The number of aromatic nitrogens is 2. The molecule has 2 aliphatic heterocycles. The molecule has 304 valence electrons. The number of fused-ring (bicyclic) bond motifs is 2. The van der Waals surface area contributed by atoms with Crippen molar-refractivity contribution in [2.75, 3.05) is 26.4 Å². The van der Waals surface area contributed by atoms with Crippen LogP contribution in [0.25, 0.3) is 0 Å². The minimum absolute atomic E-state index is 0. The summed E-state index contributed by atoms with van der Waals surface area (Å²) in [5.41, 5.74) is 7.25. The maximum absolute atomic E-state index is 12.6. The van der Waals surface area contributed by atoms with Gasteiger partial charge in [0.25, 0.3) is 19.1 Å². The van der Waals surface area contributed by atoms with Gasteiger partial charge in [0, 0.05) is 32.1 Å². The van der Waals surface area contributed by atoms with Crippen LogP contribution in [0.5, 0.6) is 11.5 Å². The summed E-state index contributed by atoms with van der Waals surface area (Å²) in [5, 5.41) is 0.413. The second-order valence-corrected chi connectivity index (χ2v) is 16.7. The molecular weight excluding hydrogens is 862 g/mol. The van der Waals surface area contributed by atoms with Crippen LogP contribution >= 0.6 is 46.3 Å². The first-order valence-corrected chi connectivity index (χ1v) is 20.7. The fourth-order valence-corrected chi connectivity index (χ4v) is 7.41. The average Bonchev–Trinajstić information content (AvgIpc) is 3.72. The summed E-state index contributed by atoms with van der Waals surface area (Å²) in [6.45, 7) is 6.92. The summed E-state index contributed by atoms with van der Waals surface area (Å²) in [5.74, 6) is -0.845. The number of nitrogens with one attached hydrogen (secondary N) is 3. The predicted molar refractivity (Wildman–Crippen MR) is 208 cm³/mol. The van der Waals surface area contributed by atoms with Crippen LogP contribution in [0.2, 0.25) is 10.0 Å². The van der Waals surface area contributed by atoms with E-state index in [0.717, 1.165) is 6.07 Å². The summed E-state index contributed by atoms with van der Waals surface area (Å²) in [6.07, 6.45) is 0. The Kier molecular flexibility index (Phi) is 16.0. The van der Waals surface area contributed by atoms with Gasteiger partial charge < -0.3 is 34.6 Å². The SMILES string of the molecule is CCOC(=O)c1cc(S(=O)(=O)Cl)[nH]c1C.CCOC(=O)c1cc(S(=O)(=O)NC2COc3ccc(Cl)cc3C2=O)[nH]c1C.Cl.NC1COc2ccc(Cl)cc2C1=O. The van der Waals surface area contributed by atoms with E-state index in [1.807, 2.05) is 0 Å². The van der Waals surface area contributed by atoms with Crippen molar-refractivity contribution in [2.45, 2.75) is 49.8 Å². The van der Waals surface area contributed by atoms with E-state index in [1.54, 1.807) is 58.0 Å². The highest BCUT2D eigenvalue weighted by Crippen LogP contribution is 2.29. The number of rotatable bonds is 8. The van der Waals surface area contributed by atoms with Gasteiger partial charge in [-0.15, -0.1) is 12.4 Å². The van der Waals surface area contributed by atoms with Crippen molar-refractivity contribution in [1.82, 2.24) is 14.7 Å². The van der Waals surface area contributed by atoms with E-state index >= 15 is 0 Å². The van der Waals surface area contributed by atoms with Crippen molar-refractivity contribution >= 4 is 88.9 Å². The molecule has 0 saturated carbocycles. The Morgan fingerprint density at radius 3 is 1.70 bits per heavy atom. The first-order valence-electron chi connectivity index (χ1n) is 16.2. The zero-order valence-corrected chi connectivity index (χ0v) is 34.7. The maximum atomic E-state index is 12.6. The third kappa shape index (κ3) is 11.3. The molecule has 4 aromatic rings. The zero-order valence-electron chi connectivity index (χ0n) is 29.9. The van der Waals surface area contributed by atoms with Crippen LogP contribution in [-0.4, -0.2) is 88.8 Å². The van der Waals surface area contributed by atoms with E-state index in [-0.39, 0.29) is 71.4 Å². The molecule has 2 aliphatic rings. The number of H-pyrrole nitrogens is 2. The standard InChI is InChI=1S/C17H17ClN2O6S.C9H8ClNO2.C8H10ClNO4S.ClH/c1-3-25-17(22)11-7-15(19-9(11)2)27(23,24)20-13-8-26-14-5-4-10(18)6-12(14)16(13)21;10-5-1-2-8-6(3-5)9(12)7(11)4-13-8;1-3-14-8(11)6-4-7(10-5(6)2)15(9,12)13;/h4-7,13,19-20H,3,8H2,1-2H3;1-3,7H,4,11H2;4,10H,3H2,1-2H3;1H. The van der Waals surface area contributed by atoms with E-state index in [9.17, 15) is 36.0 Å². The van der Waals surface area contributed by atoms with Crippen molar-refractivity contribution in [3.8, 4) is 11.5 Å². The topological polar surface area (TPSA) is 243 Å². The molecule has 2 aromatic heterocycles. The smallest absolute Gasteiger partial charge is 0.339 e. The van der Waals surface area contributed by atoms with Crippen LogP contribution in [0.1, 0.15) is 66.7 Å². The predicted octanol–water partition coefficient (Wildman–Crippen LogP) is 5.17. The molecule has 0 bridgehead atoms. The molecule has 22 heteroatoms. The highest BCUT2D eigenvalue weighted by Gasteiger charge is 2.34. The van der Waals surface area contributed by atoms with Crippen LogP contribution < -0.4 is 19.9 Å². The Morgan fingerprint density at radius 2 is 1.23 bits per heavy atom. The monoisotopic (exact) mass is 896 g/mol. The average molecular weight is 899 g/mol. The summed E-state index contributed by atoms with van der Waals surface area (Å²) in [7, 11) is -2.83. The molecular formula is C34H36Cl4N4O12S2. The molecule has 56 heavy (non-hydrogen) atoms. The number of carbonyl (C=O) groups excluding carboxylic acids is 4. The number of sulfonamides is 1. The van der Waals surface area contributed by atoms with Gasteiger partial charge >= 0.3 is 11.9 Å². The van der Waals surface area contributed by atoms with Crippen LogP contribution in [-0.2, 0) is 28.5 Å². The van der Waals surface area contributed by atoms with Gasteiger partial charge in [-0.3, -0.25) is 9.59 Å². The first-order chi connectivity index (χ1) is 25.8. The molecule has 2 unspecified atom stereocenters. The molecule has 0 aliphatic carbocycles. The van der Waals surface area contributed by atoms with Crippen LogP contribution in [0, 0.1) is 13.8 Å². The van der Waals surface area contributed by atoms with Crippen molar-refractivity contribution in [3.63, 3.8) is 0 Å². The van der Waals surface area contributed by atoms with E-state index in [1.165, 1.54) is 12.1 Å². The number of nitrogens with two attached hydrogens (primary N) is 1. The highest BCUT2D eigenvalue weighted by atomic mass is 35.7. The number of aryl methyl sites for hydroxylation is 2. The molecule has 0 spiro atoms. The maximum Gasteiger partial charge on any atom is 0.339 e. The van der Waals surface area contributed by atoms with Gasteiger partial charge in [0.15, 0.2) is 11.6 Å². The first kappa shape index (κ1) is 46.2. The van der Waals surface area contributed by atoms with Crippen molar-refractivity contribution in [3.05, 3.63) is 92.2 Å². The number of ketones is 2. The van der Waals surface area contributed by atoms with E-state index < -0.39 is 48.9 Å². The Bertz CT molecular complexity index is 2350. The number of benzene rings is 2. The number of carbonyl (C=O) groups is 4. The van der Waals surface area contributed by atoms with Gasteiger partial charge in [0.2, 0.25) is 0 Å². The van der Waals surface area contributed by atoms with Gasteiger partial charge in [0.05, 0.1) is 35.5 Å². The largest absolute Gasteiger partial charge is 0.491 e. The summed E-state index contributed by atoms with van der Waals surface area (Å²) < 4.78 is 69.8. The summed E-state index contributed by atoms with van der Waals surface area (Å²) >= 11 is 11.6. The van der Waals surface area contributed by atoms with Crippen molar-refractivity contribution in [2.24, 2.45) is 5.73 Å². The fourth-order valence-electron chi connectivity index (χ4n) is 5.04. The molecule has 4 heterocycles. The highest BCUT2D eigenvalue weighted by molar-refractivity contribution is 8.13.